The zero-order valence-electron chi connectivity index (χ0n) is 9.71. The van der Waals surface area contributed by atoms with Gasteiger partial charge >= 0.3 is 5.97 Å². The number of benzene rings is 1. The first-order chi connectivity index (χ1) is 8.63. The summed E-state index contributed by atoms with van der Waals surface area (Å²) in [5.41, 5.74) is 0.345. The Morgan fingerprint density at radius 2 is 1.83 bits per heavy atom. The highest BCUT2D eigenvalue weighted by molar-refractivity contribution is 7.98. The number of ether oxygens (including phenoxy) is 1. The number of carbonyl (C=O) groups is 3. The van der Waals surface area contributed by atoms with Gasteiger partial charge in [0.1, 0.15) is 0 Å². The molecule has 0 saturated carbocycles. The Bertz CT molecular complexity index is 499. The minimum absolute atomic E-state index is 0.228. The van der Waals surface area contributed by atoms with Crippen molar-refractivity contribution in [3.8, 4) is 0 Å². The number of carbonyl (C=O) groups excluding carboxylic acids is 3. The minimum atomic E-state index is -0.489. The molecule has 1 aliphatic rings. The van der Waals surface area contributed by atoms with E-state index in [-0.39, 0.29) is 24.7 Å². The van der Waals surface area contributed by atoms with E-state index in [4.69, 9.17) is 0 Å². The lowest BCUT2D eigenvalue weighted by Crippen LogP contribution is -2.21. The third kappa shape index (κ3) is 2.38. The molecule has 1 aromatic rings. The SMILES string of the molecule is COC(=O)c1ccccc1SN1C(=O)CCC1=O. The molecule has 2 amide bonds. The van der Waals surface area contributed by atoms with Gasteiger partial charge in [-0.1, -0.05) is 12.1 Å². The van der Waals surface area contributed by atoms with Gasteiger partial charge in [0.25, 0.3) is 0 Å². The van der Waals surface area contributed by atoms with E-state index in [0.717, 1.165) is 16.3 Å². The predicted octanol–water partition coefficient (Wildman–Crippen LogP) is 1.63. The molecule has 0 aliphatic carbocycles. The lowest BCUT2D eigenvalue weighted by molar-refractivity contribution is -0.131. The molecule has 1 aliphatic heterocycles. The number of methoxy groups -OCH3 is 1. The normalized spacial score (nSPS) is 15.1. The molecule has 0 aromatic heterocycles. The van der Waals surface area contributed by atoms with Gasteiger partial charge in [-0.3, -0.25) is 9.59 Å². The summed E-state index contributed by atoms with van der Waals surface area (Å²) in [6.07, 6.45) is 0.457. The van der Waals surface area contributed by atoms with Crippen molar-refractivity contribution in [1.82, 2.24) is 4.31 Å². The third-order valence-corrected chi connectivity index (χ3v) is 3.63. The van der Waals surface area contributed by atoms with E-state index in [0.29, 0.717) is 10.5 Å². The van der Waals surface area contributed by atoms with Crippen molar-refractivity contribution in [2.24, 2.45) is 0 Å². The van der Waals surface area contributed by atoms with Crippen molar-refractivity contribution in [3.63, 3.8) is 0 Å². The van der Waals surface area contributed by atoms with E-state index < -0.39 is 5.97 Å². The molecule has 0 spiro atoms. The van der Waals surface area contributed by atoms with Crippen molar-refractivity contribution in [1.29, 1.82) is 0 Å². The maximum absolute atomic E-state index is 11.5. The highest BCUT2D eigenvalue weighted by Crippen LogP contribution is 2.31. The first kappa shape index (κ1) is 12.6. The monoisotopic (exact) mass is 265 g/mol. The standard InChI is InChI=1S/C12H11NO4S/c1-17-12(16)8-4-2-3-5-9(8)18-13-10(14)6-7-11(13)15/h2-5H,6-7H2,1H3. The van der Waals surface area contributed by atoms with Crippen LogP contribution in [-0.2, 0) is 14.3 Å². The second-order valence-electron chi connectivity index (χ2n) is 3.66. The zero-order chi connectivity index (χ0) is 13.1. The van der Waals surface area contributed by atoms with Gasteiger partial charge in [-0.05, 0) is 24.1 Å². The van der Waals surface area contributed by atoms with Crippen LogP contribution in [0, 0.1) is 0 Å². The summed E-state index contributed by atoms with van der Waals surface area (Å²) >= 11 is 0.971. The van der Waals surface area contributed by atoms with Crippen molar-refractivity contribution < 1.29 is 19.1 Å². The molecular weight excluding hydrogens is 254 g/mol. The van der Waals surface area contributed by atoms with Gasteiger partial charge in [0.05, 0.1) is 12.7 Å². The quantitative estimate of drug-likeness (QED) is 0.472. The van der Waals surface area contributed by atoms with E-state index in [1.807, 2.05) is 0 Å². The second-order valence-corrected chi connectivity index (χ2v) is 4.65. The van der Waals surface area contributed by atoms with Crippen molar-refractivity contribution in [3.05, 3.63) is 29.8 Å². The van der Waals surface area contributed by atoms with Crippen LogP contribution in [-0.4, -0.2) is 29.2 Å². The van der Waals surface area contributed by atoms with Crippen molar-refractivity contribution >= 4 is 29.7 Å². The second kappa shape index (κ2) is 5.22. The molecule has 1 fully saturated rings. The fraction of sp³-hybridized carbons (Fsp3) is 0.250. The molecule has 1 heterocycles. The molecular formula is C12H11NO4S. The summed E-state index contributed by atoms with van der Waals surface area (Å²) in [4.78, 5) is 35.1. The van der Waals surface area contributed by atoms with Crippen molar-refractivity contribution in [2.45, 2.75) is 17.7 Å². The largest absolute Gasteiger partial charge is 0.465 e. The molecule has 0 atom stereocenters. The average molecular weight is 265 g/mol. The number of hydrogen-bond acceptors (Lipinski definition) is 5. The Morgan fingerprint density at radius 1 is 1.22 bits per heavy atom. The van der Waals surface area contributed by atoms with Crippen LogP contribution in [0.3, 0.4) is 0 Å². The number of esters is 1. The number of rotatable bonds is 3. The maximum Gasteiger partial charge on any atom is 0.339 e. The minimum Gasteiger partial charge on any atom is -0.465 e. The summed E-state index contributed by atoms with van der Waals surface area (Å²) in [6, 6.07) is 6.71. The molecule has 2 rings (SSSR count). The third-order valence-electron chi connectivity index (χ3n) is 2.49. The van der Waals surface area contributed by atoms with Gasteiger partial charge in [0.2, 0.25) is 11.8 Å². The Hall–Kier alpha value is -1.82. The maximum atomic E-state index is 11.5. The lowest BCUT2D eigenvalue weighted by Gasteiger charge is -2.13. The summed E-state index contributed by atoms with van der Waals surface area (Å²) < 4.78 is 5.75. The van der Waals surface area contributed by atoms with Crippen molar-refractivity contribution in [2.75, 3.05) is 7.11 Å². The first-order valence-corrected chi connectivity index (χ1v) is 6.12. The molecule has 6 heteroatoms. The fourth-order valence-corrected chi connectivity index (χ4v) is 2.55. The number of imide groups is 1. The van der Waals surface area contributed by atoms with Crippen LogP contribution in [0.15, 0.2) is 29.2 Å². The van der Waals surface area contributed by atoms with Crippen LogP contribution in [0.25, 0.3) is 0 Å². The molecule has 1 aromatic carbocycles. The average Bonchev–Trinajstić information content (AvgIpc) is 2.70. The molecule has 1 saturated heterocycles. The molecule has 0 radical (unpaired) electrons. The predicted molar refractivity (Wildman–Crippen MR) is 64.7 cm³/mol. The fourth-order valence-electron chi connectivity index (χ4n) is 1.58. The molecule has 0 unspecified atom stereocenters. The lowest BCUT2D eigenvalue weighted by atomic mass is 10.2. The van der Waals surface area contributed by atoms with E-state index in [9.17, 15) is 14.4 Å². The highest BCUT2D eigenvalue weighted by atomic mass is 32.2. The van der Waals surface area contributed by atoms with Crippen LogP contribution in [0.5, 0.6) is 0 Å². The molecule has 0 bridgehead atoms. The summed E-state index contributed by atoms with van der Waals surface area (Å²) in [7, 11) is 1.29. The Balaban J connectivity index is 2.26. The van der Waals surface area contributed by atoms with Gasteiger partial charge in [-0.2, -0.15) is 0 Å². The Labute approximate surface area is 108 Å². The van der Waals surface area contributed by atoms with Crippen LogP contribution in [0.1, 0.15) is 23.2 Å². The zero-order valence-corrected chi connectivity index (χ0v) is 10.5. The molecule has 18 heavy (non-hydrogen) atoms. The van der Waals surface area contributed by atoms with Crippen LogP contribution in [0.2, 0.25) is 0 Å². The molecule has 5 nitrogen and oxygen atoms in total. The number of nitrogens with zero attached hydrogens (tertiary/aromatic N) is 1. The van der Waals surface area contributed by atoms with Crippen LogP contribution in [0.4, 0.5) is 0 Å². The summed E-state index contributed by atoms with van der Waals surface area (Å²) in [5, 5.41) is 0. The number of hydrogen-bond donors (Lipinski definition) is 0. The van der Waals surface area contributed by atoms with Crippen LogP contribution >= 0.6 is 11.9 Å². The van der Waals surface area contributed by atoms with Gasteiger partial charge in [-0.25, -0.2) is 9.10 Å². The van der Waals surface area contributed by atoms with E-state index in [1.54, 1.807) is 24.3 Å². The van der Waals surface area contributed by atoms with Gasteiger partial charge in [0, 0.05) is 17.7 Å². The van der Waals surface area contributed by atoms with E-state index >= 15 is 0 Å². The van der Waals surface area contributed by atoms with Crippen LogP contribution < -0.4 is 0 Å². The smallest absolute Gasteiger partial charge is 0.339 e. The highest BCUT2D eigenvalue weighted by Gasteiger charge is 2.31. The first-order valence-electron chi connectivity index (χ1n) is 5.34. The Kier molecular flexibility index (Phi) is 3.66. The van der Waals surface area contributed by atoms with Gasteiger partial charge < -0.3 is 4.74 Å². The Morgan fingerprint density at radius 3 is 2.44 bits per heavy atom. The molecule has 0 N–H and O–H groups in total. The topological polar surface area (TPSA) is 63.7 Å². The van der Waals surface area contributed by atoms with Gasteiger partial charge in [0.15, 0.2) is 0 Å². The number of amides is 2. The van der Waals surface area contributed by atoms with E-state index in [2.05, 4.69) is 4.74 Å². The van der Waals surface area contributed by atoms with Gasteiger partial charge in [-0.15, -0.1) is 0 Å². The van der Waals surface area contributed by atoms with E-state index in [1.165, 1.54) is 7.11 Å². The summed E-state index contributed by atoms with van der Waals surface area (Å²) in [6.45, 7) is 0. The molecule has 94 valence electrons. The summed E-state index contributed by atoms with van der Waals surface area (Å²) in [5.74, 6) is -0.952.